The molecule has 29 heavy (non-hydrogen) atoms. The fourth-order valence-corrected chi connectivity index (χ4v) is 4.07. The number of fused-ring (bicyclic) bond motifs is 1. The first-order chi connectivity index (χ1) is 14.0. The number of hydrogen-bond acceptors (Lipinski definition) is 6. The van der Waals surface area contributed by atoms with Crippen molar-refractivity contribution in [3.05, 3.63) is 47.0 Å². The van der Waals surface area contributed by atoms with Gasteiger partial charge in [-0.15, -0.1) is 0 Å². The van der Waals surface area contributed by atoms with Gasteiger partial charge in [-0.3, -0.25) is 9.69 Å². The number of likely N-dealkylation sites (tertiary alicyclic amines) is 1. The van der Waals surface area contributed by atoms with E-state index in [0.717, 1.165) is 42.0 Å². The summed E-state index contributed by atoms with van der Waals surface area (Å²) in [6.07, 6.45) is 4.95. The molecule has 0 bridgehead atoms. The molecule has 2 aromatic rings. The van der Waals surface area contributed by atoms with E-state index in [1.165, 1.54) is 6.42 Å². The number of carbonyl (C=O) groups excluding carboxylic acids is 1. The lowest BCUT2D eigenvalue weighted by Gasteiger charge is -2.29. The molecular formula is C22H28N4O3. The van der Waals surface area contributed by atoms with E-state index in [1.54, 1.807) is 7.11 Å². The fourth-order valence-electron chi connectivity index (χ4n) is 4.07. The predicted octanol–water partition coefficient (Wildman–Crippen LogP) is 2.52. The molecule has 3 heterocycles. The van der Waals surface area contributed by atoms with E-state index in [-0.39, 0.29) is 12.5 Å². The highest BCUT2D eigenvalue weighted by Crippen LogP contribution is 2.30. The Balaban J connectivity index is 1.39. The van der Waals surface area contributed by atoms with Gasteiger partial charge in [-0.25, -0.2) is 9.97 Å². The normalized spacial score (nSPS) is 19.1. The molecule has 0 N–H and O–H groups in total. The first kappa shape index (κ1) is 19.6. The fraction of sp³-hybridized carbons (Fsp3) is 0.500. The zero-order valence-electron chi connectivity index (χ0n) is 17.4. The van der Waals surface area contributed by atoms with E-state index in [1.807, 2.05) is 36.2 Å². The number of nitrogens with zero attached hydrogens (tertiary/aromatic N) is 4. The first-order valence-corrected chi connectivity index (χ1v) is 10.2. The van der Waals surface area contributed by atoms with Gasteiger partial charge in [0.2, 0.25) is 0 Å². The number of ether oxygens (including phenoxy) is 2. The maximum absolute atomic E-state index is 12.7. The second-order valence-electron chi connectivity index (χ2n) is 7.85. The topological polar surface area (TPSA) is 67.8 Å². The molecule has 1 fully saturated rings. The summed E-state index contributed by atoms with van der Waals surface area (Å²) in [5.41, 5.74) is 3.18. The van der Waals surface area contributed by atoms with Crippen LogP contribution in [0.25, 0.3) is 0 Å². The van der Waals surface area contributed by atoms with E-state index in [2.05, 4.69) is 16.9 Å². The Morgan fingerprint density at radius 1 is 1.28 bits per heavy atom. The molecule has 2 aliphatic heterocycles. The lowest BCUT2D eigenvalue weighted by atomic mass is 10.1. The number of aromatic nitrogens is 2. The minimum Gasteiger partial charge on any atom is -0.493 e. The summed E-state index contributed by atoms with van der Waals surface area (Å²) < 4.78 is 11.1. The van der Waals surface area contributed by atoms with Crippen LogP contribution >= 0.6 is 0 Å². The smallest absolute Gasteiger partial charge is 0.260 e. The summed E-state index contributed by atoms with van der Waals surface area (Å²) in [5, 5.41) is 0. The quantitative estimate of drug-likeness (QED) is 0.774. The summed E-state index contributed by atoms with van der Waals surface area (Å²) in [4.78, 5) is 26.2. The zero-order chi connectivity index (χ0) is 20.4. The van der Waals surface area contributed by atoms with Crippen LogP contribution in [0.4, 0.5) is 0 Å². The molecule has 4 rings (SSSR count). The van der Waals surface area contributed by atoms with E-state index in [0.29, 0.717) is 30.6 Å². The largest absolute Gasteiger partial charge is 0.493 e. The molecule has 2 aliphatic rings. The van der Waals surface area contributed by atoms with Crippen LogP contribution < -0.4 is 9.47 Å². The van der Waals surface area contributed by atoms with Gasteiger partial charge in [-0.1, -0.05) is 6.07 Å². The van der Waals surface area contributed by atoms with Crippen molar-refractivity contribution < 1.29 is 14.3 Å². The maximum Gasteiger partial charge on any atom is 0.260 e. The highest BCUT2D eigenvalue weighted by Gasteiger charge is 2.28. The van der Waals surface area contributed by atoms with Crippen molar-refractivity contribution in [1.29, 1.82) is 0 Å². The van der Waals surface area contributed by atoms with E-state index in [4.69, 9.17) is 14.5 Å². The monoisotopic (exact) mass is 396 g/mol. The Morgan fingerprint density at radius 2 is 2.14 bits per heavy atom. The van der Waals surface area contributed by atoms with Gasteiger partial charge in [0, 0.05) is 31.3 Å². The van der Waals surface area contributed by atoms with Gasteiger partial charge in [0.1, 0.15) is 5.82 Å². The van der Waals surface area contributed by atoms with Gasteiger partial charge in [-0.2, -0.15) is 0 Å². The lowest BCUT2D eigenvalue weighted by Crippen LogP contribution is -2.39. The number of rotatable bonds is 5. The van der Waals surface area contributed by atoms with Gasteiger partial charge in [0.25, 0.3) is 5.91 Å². The molecule has 0 spiro atoms. The molecular weight excluding hydrogens is 368 g/mol. The molecule has 1 amide bonds. The van der Waals surface area contributed by atoms with Crippen molar-refractivity contribution in [2.75, 3.05) is 33.9 Å². The van der Waals surface area contributed by atoms with Crippen molar-refractivity contribution in [2.24, 2.45) is 0 Å². The van der Waals surface area contributed by atoms with Gasteiger partial charge in [0.05, 0.1) is 18.8 Å². The van der Waals surface area contributed by atoms with Crippen molar-refractivity contribution in [2.45, 2.75) is 38.8 Å². The molecule has 1 aromatic heterocycles. The third-order valence-electron chi connectivity index (χ3n) is 5.79. The Morgan fingerprint density at radius 3 is 2.90 bits per heavy atom. The van der Waals surface area contributed by atoms with Gasteiger partial charge >= 0.3 is 0 Å². The maximum atomic E-state index is 12.7. The standard InChI is InChI=1S/C22H28N4O3/c1-15-6-7-19(20(11-15)28-3)29-14-21(27)26-10-8-17-16(13-26)12-23-22(24-17)18-5-4-9-25(18)2/h6-7,11-12,18H,4-5,8-10,13-14H2,1-3H3/t18-/m1/s1. The molecule has 1 saturated heterocycles. The SMILES string of the molecule is COc1cc(C)ccc1OCC(=O)N1CCc2nc([C@H]3CCCN3C)ncc2C1. The van der Waals surface area contributed by atoms with Crippen LogP contribution in [0.1, 0.15) is 41.5 Å². The molecule has 7 heteroatoms. The number of methoxy groups -OCH3 is 1. The number of benzene rings is 1. The number of hydrogen-bond donors (Lipinski definition) is 0. The third kappa shape index (κ3) is 4.19. The van der Waals surface area contributed by atoms with E-state index < -0.39 is 0 Å². The van der Waals surface area contributed by atoms with E-state index in [9.17, 15) is 4.79 Å². The highest BCUT2D eigenvalue weighted by molar-refractivity contribution is 5.78. The Labute approximate surface area is 171 Å². The molecule has 7 nitrogen and oxygen atoms in total. The second kappa shape index (κ2) is 8.37. The average molecular weight is 396 g/mol. The Hall–Kier alpha value is -2.67. The van der Waals surface area contributed by atoms with Crippen molar-refractivity contribution in [1.82, 2.24) is 19.8 Å². The summed E-state index contributed by atoms with van der Waals surface area (Å²) in [6.45, 7) is 4.25. The molecule has 1 atom stereocenters. The Bertz CT molecular complexity index is 902. The van der Waals surface area contributed by atoms with Crippen LogP contribution in [0.3, 0.4) is 0 Å². The molecule has 0 aliphatic carbocycles. The summed E-state index contributed by atoms with van der Waals surface area (Å²) in [5.74, 6) is 2.09. The minimum absolute atomic E-state index is 0.0133. The van der Waals surface area contributed by atoms with Crippen LogP contribution in [-0.4, -0.2) is 59.5 Å². The first-order valence-electron chi connectivity index (χ1n) is 10.2. The number of carbonyl (C=O) groups is 1. The molecule has 0 saturated carbocycles. The van der Waals surface area contributed by atoms with Crippen LogP contribution in [0.5, 0.6) is 11.5 Å². The minimum atomic E-state index is -0.0436. The second-order valence-corrected chi connectivity index (χ2v) is 7.85. The van der Waals surface area contributed by atoms with Crippen molar-refractivity contribution in [3.63, 3.8) is 0 Å². The lowest BCUT2D eigenvalue weighted by molar-refractivity contribution is -0.134. The summed E-state index contributed by atoms with van der Waals surface area (Å²) in [7, 11) is 3.73. The molecule has 0 radical (unpaired) electrons. The molecule has 154 valence electrons. The highest BCUT2D eigenvalue weighted by atomic mass is 16.5. The van der Waals surface area contributed by atoms with Crippen molar-refractivity contribution >= 4 is 5.91 Å². The van der Waals surface area contributed by atoms with Crippen molar-refractivity contribution in [3.8, 4) is 11.5 Å². The molecule has 0 unspecified atom stereocenters. The van der Waals surface area contributed by atoms with Crippen LogP contribution in [0.2, 0.25) is 0 Å². The predicted molar refractivity (Wildman–Crippen MR) is 109 cm³/mol. The number of aryl methyl sites for hydroxylation is 1. The van der Waals surface area contributed by atoms with Gasteiger partial charge in [-0.05, 0) is 51.1 Å². The zero-order valence-corrected chi connectivity index (χ0v) is 17.4. The van der Waals surface area contributed by atoms with Crippen LogP contribution in [-0.2, 0) is 17.8 Å². The van der Waals surface area contributed by atoms with Crippen LogP contribution in [0.15, 0.2) is 24.4 Å². The third-order valence-corrected chi connectivity index (χ3v) is 5.79. The average Bonchev–Trinajstić information content (AvgIpc) is 3.17. The van der Waals surface area contributed by atoms with Gasteiger partial charge in [0.15, 0.2) is 18.1 Å². The number of amides is 1. The van der Waals surface area contributed by atoms with E-state index >= 15 is 0 Å². The summed E-state index contributed by atoms with van der Waals surface area (Å²) >= 11 is 0. The van der Waals surface area contributed by atoms with Crippen LogP contribution in [0, 0.1) is 6.92 Å². The van der Waals surface area contributed by atoms with Gasteiger partial charge < -0.3 is 14.4 Å². The Kier molecular flexibility index (Phi) is 5.67. The summed E-state index contributed by atoms with van der Waals surface area (Å²) in [6, 6.07) is 5.99. The molecule has 1 aromatic carbocycles.